The van der Waals surface area contributed by atoms with E-state index < -0.39 is 35.2 Å². The van der Waals surface area contributed by atoms with Crippen LogP contribution in [0.2, 0.25) is 10.0 Å². The number of halogens is 5. The summed E-state index contributed by atoms with van der Waals surface area (Å²) in [7, 11) is 0. The Labute approximate surface area is 140 Å². The first-order valence-electron chi connectivity index (χ1n) is 6.45. The van der Waals surface area contributed by atoms with Crippen LogP contribution in [0.5, 0.6) is 0 Å². The third-order valence-corrected chi connectivity index (χ3v) is 3.62. The van der Waals surface area contributed by atoms with Crippen LogP contribution in [0.25, 0.3) is 0 Å². The van der Waals surface area contributed by atoms with E-state index in [-0.39, 0.29) is 0 Å². The Kier molecular flexibility index (Phi) is 5.38. The minimum Gasteiger partial charge on any atom is -0.331 e. The maximum absolute atomic E-state index is 13.5. The number of carbonyl (C=O) groups is 1. The summed E-state index contributed by atoms with van der Waals surface area (Å²) in [5.74, 6) is -4.47. The molecule has 0 aromatic heterocycles. The van der Waals surface area contributed by atoms with Crippen molar-refractivity contribution in [2.75, 3.05) is 5.32 Å². The SMILES string of the molecule is CC(NC(=O)Nc1ccc(F)c(F)c1F)c1ccc(Cl)cc1Cl. The predicted molar refractivity (Wildman–Crippen MR) is 83.3 cm³/mol. The van der Waals surface area contributed by atoms with Crippen molar-refractivity contribution in [2.45, 2.75) is 13.0 Å². The van der Waals surface area contributed by atoms with Crippen LogP contribution in [0.1, 0.15) is 18.5 Å². The maximum atomic E-state index is 13.5. The molecule has 0 spiro atoms. The van der Waals surface area contributed by atoms with Gasteiger partial charge in [0, 0.05) is 10.0 Å². The summed E-state index contributed by atoms with van der Waals surface area (Å²) in [6, 6.07) is 5.08. The Morgan fingerprint density at radius 1 is 1.09 bits per heavy atom. The number of hydrogen-bond acceptors (Lipinski definition) is 1. The first-order chi connectivity index (χ1) is 10.8. The summed E-state index contributed by atoms with van der Waals surface area (Å²) in [5, 5.41) is 5.41. The van der Waals surface area contributed by atoms with Crippen LogP contribution in [0.4, 0.5) is 23.7 Å². The van der Waals surface area contributed by atoms with Crippen molar-refractivity contribution in [3.8, 4) is 0 Å². The van der Waals surface area contributed by atoms with Gasteiger partial charge < -0.3 is 10.6 Å². The number of carbonyl (C=O) groups excluding carboxylic acids is 1. The van der Waals surface area contributed by atoms with Gasteiger partial charge in [-0.05, 0) is 36.8 Å². The second-order valence-electron chi connectivity index (χ2n) is 4.71. The molecule has 2 amide bonds. The molecule has 8 heteroatoms. The number of hydrogen-bond donors (Lipinski definition) is 2. The lowest BCUT2D eigenvalue weighted by Crippen LogP contribution is -2.31. The zero-order valence-corrected chi connectivity index (χ0v) is 13.3. The van der Waals surface area contributed by atoms with Gasteiger partial charge in [-0.25, -0.2) is 18.0 Å². The normalized spacial score (nSPS) is 11.9. The lowest BCUT2D eigenvalue weighted by Gasteiger charge is -2.17. The van der Waals surface area contributed by atoms with E-state index in [4.69, 9.17) is 23.2 Å². The first-order valence-corrected chi connectivity index (χ1v) is 7.21. The lowest BCUT2D eigenvalue weighted by molar-refractivity contribution is 0.249. The number of nitrogens with one attached hydrogen (secondary N) is 2. The molecule has 2 N–H and O–H groups in total. The standard InChI is InChI=1S/C15H11Cl2F3N2O/c1-7(9-3-2-8(16)6-10(9)17)21-15(23)22-12-5-4-11(18)13(19)14(12)20/h2-7H,1H3,(H2,21,22,23). The summed E-state index contributed by atoms with van der Waals surface area (Å²) < 4.78 is 39.4. The minimum atomic E-state index is -1.66. The van der Waals surface area contributed by atoms with Crippen LogP contribution in [0.15, 0.2) is 30.3 Å². The molecule has 0 aliphatic carbocycles. The first kappa shape index (κ1) is 17.4. The summed E-state index contributed by atoms with van der Waals surface area (Å²) in [6.45, 7) is 1.65. The highest BCUT2D eigenvalue weighted by atomic mass is 35.5. The van der Waals surface area contributed by atoms with E-state index >= 15 is 0 Å². The molecule has 0 saturated heterocycles. The Balaban J connectivity index is 2.09. The number of anilines is 1. The van der Waals surface area contributed by atoms with Crippen LogP contribution in [-0.2, 0) is 0 Å². The zero-order chi connectivity index (χ0) is 17.1. The average molecular weight is 363 g/mol. The number of benzene rings is 2. The molecule has 0 fully saturated rings. The van der Waals surface area contributed by atoms with E-state index in [0.717, 1.165) is 6.07 Å². The van der Waals surface area contributed by atoms with Gasteiger partial charge in [0.25, 0.3) is 0 Å². The fourth-order valence-corrected chi connectivity index (χ4v) is 2.48. The Morgan fingerprint density at radius 3 is 2.43 bits per heavy atom. The van der Waals surface area contributed by atoms with Crippen LogP contribution in [-0.4, -0.2) is 6.03 Å². The molecular formula is C15H11Cl2F3N2O. The molecule has 23 heavy (non-hydrogen) atoms. The van der Waals surface area contributed by atoms with E-state index in [1.807, 2.05) is 0 Å². The molecule has 0 saturated carbocycles. The fourth-order valence-electron chi connectivity index (χ4n) is 1.91. The molecule has 1 atom stereocenters. The molecular weight excluding hydrogens is 352 g/mol. The third kappa shape index (κ3) is 4.09. The summed E-state index contributed by atoms with van der Waals surface area (Å²) >= 11 is 11.8. The molecule has 2 rings (SSSR count). The molecule has 2 aromatic rings. The second-order valence-corrected chi connectivity index (χ2v) is 5.55. The van der Waals surface area contributed by atoms with E-state index in [9.17, 15) is 18.0 Å². The second kappa shape index (κ2) is 7.10. The van der Waals surface area contributed by atoms with Gasteiger partial charge in [-0.3, -0.25) is 0 Å². The van der Waals surface area contributed by atoms with Gasteiger partial charge in [0.2, 0.25) is 0 Å². The van der Waals surface area contributed by atoms with Gasteiger partial charge >= 0.3 is 6.03 Å². The molecule has 1 unspecified atom stereocenters. The highest BCUT2D eigenvalue weighted by Crippen LogP contribution is 2.26. The Bertz CT molecular complexity index is 756. The quantitative estimate of drug-likeness (QED) is 0.715. The van der Waals surface area contributed by atoms with Crippen molar-refractivity contribution in [2.24, 2.45) is 0 Å². The van der Waals surface area contributed by atoms with Crippen LogP contribution in [0.3, 0.4) is 0 Å². The van der Waals surface area contributed by atoms with Crippen molar-refractivity contribution in [1.29, 1.82) is 0 Å². The molecule has 0 aliphatic heterocycles. The lowest BCUT2D eigenvalue weighted by atomic mass is 10.1. The molecule has 0 aliphatic rings. The summed E-state index contributed by atoms with van der Waals surface area (Å²) in [6.07, 6.45) is 0. The third-order valence-electron chi connectivity index (χ3n) is 3.06. The Morgan fingerprint density at radius 2 is 1.78 bits per heavy atom. The predicted octanol–water partition coefficient (Wildman–Crippen LogP) is 5.29. The number of rotatable bonds is 3. The maximum Gasteiger partial charge on any atom is 0.319 e. The van der Waals surface area contributed by atoms with E-state index in [1.54, 1.807) is 19.1 Å². The summed E-state index contributed by atoms with van der Waals surface area (Å²) in [4.78, 5) is 11.8. The molecule has 0 heterocycles. The van der Waals surface area contributed by atoms with Gasteiger partial charge in [-0.15, -0.1) is 0 Å². The molecule has 2 aromatic carbocycles. The highest BCUT2D eigenvalue weighted by molar-refractivity contribution is 6.35. The van der Waals surface area contributed by atoms with Gasteiger partial charge in [0.1, 0.15) is 0 Å². The van der Waals surface area contributed by atoms with Crippen molar-refractivity contribution < 1.29 is 18.0 Å². The summed E-state index contributed by atoms with van der Waals surface area (Å²) in [5.41, 5.74) is 0.118. The van der Waals surface area contributed by atoms with Gasteiger partial charge in [-0.2, -0.15) is 0 Å². The fraction of sp³-hybridized carbons (Fsp3) is 0.133. The minimum absolute atomic E-state index is 0.351. The molecule has 0 bridgehead atoms. The molecule has 3 nitrogen and oxygen atoms in total. The van der Waals surface area contributed by atoms with Crippen molar-refractivity contribution >= 4 is 34.9 Å². The number of urea groups is 1. The van der Waals surface area contributed by atoms with Gasteiger partial charge in [-0.1, -0.05) is 29.3 Å². The van der Waals surface area contributed by atoms with Crippen molar-refractivity contribution in [3.05, 3.63) is 63.4 Å². The molecule has 122 valence electrons. The zero-order valence-electron chi connectivity index (χ0n) is 11.8. The molecule has 0 radical (unpaired) electrons. The van der Waals surface area contributed by atoms with E-state index in [0.29, 0.717) is 21.7 Å². The largest absolute Gasteiger partial charge is 0.331 e. The van der Waals surface area contributed by atoms with Crippen LogP contribution in [0, 0.1) is 17.5 Å². The van der Waals surface area contributed by atoms with Crippen molar-refractivity contribution in [3.63, 3.8) is 0 Å². The van der Waals surface area contributed by atoms with Crippen LogP contribution < -0.4 is 10.6 Å². The monoisotopic (exact) mass is 362 g/mol. The van der Waals surface area contributed by atoms with Gasteiger partial charge in [0.15, 0.2) is 17.5 Å². The van der Waals surface area contributed by atoms with E-state index in [2.05, 4.69) is 10.6 Å². The van der Waals surface area contributed by atoms with Crippen LogP contribution >= 0.6 is 23.2 Å². The Hall–Kier alpha value is -1.92. The van der Waals surface area contributed by atoms with E-state index in [1.165, 1.54) is 6.07 Å². The highest BCUT2D eigenvalue weighted by Gasteiger charge is 2.17. The topological polar surface area (TPSA) is 41.1 Å². The number of amides is 2. The smallest absolute Gasteiger partial charge is 0.319 e. The average Bonchev–Trinajstić information content (AvgIpc) is 2.47. The van der Waals surface area contributed by atoms with Crippen molar-refractivity contribution in [1.82, 2.24) is 5.32 Å². The van der Waals surface area contributed by atoms with Gasteiger partial charge in [0.05, 0.1) is 11.7 Å².